The van der Waals surface area contributed by atoms with Crippen molar-refractivity contribution >= 4 is 28.8 Å². The minimum atomic E-state index is -0.492. The van der Waals surface area contributed by atoms with Crippen LogP contribution in [0.2, 0.25) is 0 Å². The molecule has 0 spiro atoms. The topological polar surface area (TPSA) is 90.1 Å². The average Bonchev–Trinajstić information content (AvgIpc) is 2.82. The Bertz CT molecular complexity index is 597. The summed E-state index contributed by atoms with van der Waals surface area (Å²) in [6.07, 6.45) is 0. The third kappa shape index (κ3) is 3.19. The molecular formula is C12H14N4O2S. The molecule has 0 amide bonds. The maximum absolute atomic E-state index is 11.4. The number of carbonyl (C=O) groups is 1. The van der Waals surface area contributed by atoms with Gasteiger partial charge in [0.25, 0.3) is 0 Å². The number of methoxy groups -OCH3 is 1. The fourth-order valence-electron chi connectivity index (χ4n) is 1.47. The predicted molar refractivity (Wildman–Crippen MR) is 74.2 cm³/mol. The van der Waals surface area contributed by atoms with Crippen molar-refractivity contribution in [3.05, 3.63) is 33.9 Å². The summed E-state index contributed by atoms with van der Waals surface area (Å²) in [5.74, 6) is -0.0381. The molecule has 2 rings (SSSR count). The SMILES string of the molecule is COC(=O)c1ccc(N)c(NCc2nc(C)cs2)n1. The molecule has 2 aromatic rings. The van der Waals surface area contributed by atoms with Gasteiger partial charge in [-0.25, -0.2) is 14.8 Å². The molecule has 3 N–H and O–H groups in total. The van der Waals surface area contributed by atoms with Crippen molar-refractivity contribution in [1.29, 1.82) is 0 Å². The first kappa shape index (κ1) is 13.3. The lowest BCUT2D eigenvalue weighted by Crippen LogP contribution is -2.09. The number of aryl methyl sites for hydroxylation is 1. The van der Waals surface area contributed by atoms with Crippen LogP contribution in [0, 0.1) is 6.92 Å². The van der Waals surface area contributed by atoms with Crippen molar-refractivity contribution < 1.29 is 9.53 Å². The third-order valence-corrected chi connectivity index (χ3v) is 3.36. The Balaban J connectivity index is 2.12. The number of nitrogen functional groups attached to an aromatic ring is 1. The summed E-state index contributed by atoms with van der Waals surface area (Å²) >= 11 is 1.56. The number of hydrogen-bond donors (Lipinski definition) is 2. The number of ether oxygens (including phenoxy) is 1. The minimum absolute atomic E-state index is 0.217. The molecule has 2 heterocycles. The van der Waals surface area contributed by atoms with Gasteiger partial charge in [0, 0.05) is 11.1 Å². The van der Waals surface area contributed by atoms with Gasteiger partial charge in [-0.2, -0.15) is 0 Å². The van der Waals surface area contributed by atoms with Gasteiger partial charge < -0.3 is 15.8 Å². The van der Waals surface area contributed by atoms with Crippen LogP contribution in [0.15, 0.2) is 17.5 Å². The molecule has 2 aromatic heterocycles. The van der Waals surface area contributed by atoms with Crippen molar-refractivity contribution in [2.24, 2.45) is 0 Å². The second-order valence-corrected chi connectivity index (χ2v) is 4.80. The Labute approximate surface area is 114 Å². The molecule has 6 nitrogen and oxygen atoms in total. The molecule has 0 bridgehead atoms. The normalized spacial score (nSPS) is 10.2. The van der Waals surface area contributed by atoms with E-state index in [0.29, 0.717) is 18.1 Å². The zero-order valence-corrected chi connectivity index (χ0v) is 11.5. The maximum atomic E-state index is 11.4. The number of nitrogens with zero attached hydrogens (tertiary/aromatic N) is 2. The second kappa shape index (κ2) is 5.66. The number of thiazole rings is 1. The highest BCUT2D eigenvalue weighted by atomic mass is 32.1. The van der Waals surface area contributed by atoms with Crippen molar-refractivity contribution in [3.8, 4) is 0 Å². The van der Waals surface area contributed by atoms with Crippen LogP contribution >= 0.6 is 11.3 Å². The zero-order chi connectivity index (χ0) is 13.8. The first-order chi connectivity index (χ1) is 9.10. The molecule has 0 saturated heterocycles. The van der Waals surface area contributed by atoms with E-state index in [1.54, 1.807) is 17.4 Å². The van der Waals surface area contributed by atoms with Gasteiger partial charge in [-0.3, -0.25) is 0 Å². The van der Waals surface area contributed by atoms with E-state index in [0.717, 1.165) is 10.7 Å². The Morgan fingerprint density at radius 2 is 2.26 bits per heavy atom. The molecule has 0 saturated carbocycles. The van der Waals surface area contributed by atoms with Gasteiger partial charge in [-0.15, -0.1) is 11.3 Å². The number of hydrogen-bond acceptors (Lipinski definition) is 7. The zero-order valence-electron chi connectivity index (χ0n) is 10.6. The van der Waals surface area contributed by atoms with E-state index in [2.05, 4.69) is 20.0 Å². The number of aromatic nitrogens is 2. The number of nitrogens with one attached hydrogen (secondary N) is 1. The standard InChI is InChI=1S/C12H14N4O2S/c1-7-6-19-10(15-7)5-14-11-8(13)3-4-9(16-11)12(17)18-2/h3-4,6H,5,13H2,1-2H3,(H,14,16). The van der Waals surface area contributed by atoms with Crippen molar-refractivity contribution in [2.45, 2.75) is 13.5 Å². The number of esters is 1. The first-order valence-electron chi connectivity index (χ1n) is 5.60. The smallest absolute Gasteiger partial charge is 0.356 e. The third-order valence-electron chi connectivity index (χ3n) is 2.39. The largest absolute Gasteiger partial charge is 0.464 e. The summed E-state index contributed by atoms with van der Waals surface area (Å²) in [6.45, 7) is 2.45. The van der Waals surface area contributed by atoms with Crippen LogP contribution in [0.3, 0.4) is 0 Å². The monoisotopic (exact) mass is 278 g/mol. The summed E-state index contributed by atoms with van der Waals surface area (Å²) in [7, 11) is 1.31. The fraction of sp³-hybridized carbons (Fsp3) is 0.250. The van der Waals surface area contributed by atoms with Gasteiger partial charge in [0.05, 0.1) is 19.3 Å². The quantitative estimate of drug-likeness (QED) is 0.829. The van der Waals surface area contributed by atoms with Gasteiger partial charge in [-0.1, -0.05) is 0 Å². The number of pyridine rings is 1. The lowest BCUT2D eigenvalue weighted by atomic mass is 10.3. The Morgan fingerprint density at radius 1 is 1.47 bits per heavy atom. The van der Waals surface area contributed by atoms with E-state index < -0.39 is 5.97 Å². The Morgan fingerprint density at radius 3 is 2.89 bits per heavy atom. The number of rotatable bonds is 4. The highest BCUT2D eigenvalue weighted by molar-refractivity contribution is 7.09. The van der Waals surface area contributed by atoms with E-state index in [9.17, 15) is 4.79 Å². The highest BCUT2D eigenvalue weighted by Crippen LogP contribution is 2.18. The van der Waals surface area contributed by atoms with Crippen LogP contribution in [0.25, 0.3) is 0 Å². The summed E-state index contributed by atoms with van der Waals surface area (Å²) in [4.78, 5) is 19.8. The van der Waals surface area contributed by atoms with Gasteiger partial charge in [-0.05, 0) is 19.1 Å². The molecule has 0 aromatic carbocycles. The molecular weight excluding hydrogens is 264 g/mol. The Kier molecular flexibility index (Phi) is 3.96. The van der Waals surface area contributed by atoms with Gasteiger partial charge in [0.2, 0.25) is 0 Å². The number of nitrogens with two attached hydrogens (primary N) is 1. The molecule has 0 aliphatic rings. The Hall–Kier alpha value is -2.15. The van der Waals surface area contributed by atoms with Gasteiger partial charge in [0.15, 0.2) is 11.5 Å². The second-order valence-electron chi connectivity index (χ2n) is 3.86. The highest BCUT2D eigenvalue weighted by Gasteiger charge is 2.10. The van der Waals surface area contributed by atoms with Crippen molar-refractivity contribution in [3.63, 3.8) is 0 Å². The van der Waals surface area contributed by atoms with E-state index in [1.165, 1.54) is 13.2 Å². The van der Waals surface area contributed by atoms with Gasteiger partial charge >= 0.3 is 5.97 Å². The summed E-state index contributed by atoms with van der Waals surface area (Å²) in [5.41, 5.74) is 7.47. The first-order valence-corrected chi connectivity index (χ1v) is 6.48. The van der Waals surface area contributed by atoms with Crippen molar-refractivity contribution in [2.75, 3.05) is 18.2 Å². The number of carbonyl (C=O) groups excluding carboxylic acids is 1. The van der Waals surface area contributed by atoms with E-state index >= 15 is 0 Å². The van der Waals surface area contributed by atoms with Crippen LogP contribution in [-0.4, -0.2) is 23.0 Å². The number of anilines is 2. The average molecular weight is 278 g/mol. The predicted octanol–water partition coefficient (Wildman–Crippen LogP) is 1.83. The lowest BCUT2D eigenvalue weighted by Gasteiger charge is -2.08. The molecule has 0 atom stereocenters. The summed E-state index contributed by atoms with van der Waals surface area (Å²) < 4.78 is 4.62. The summed E-state index contributed by atoms with van der Waals surface area (Å²) in [6, 6.07) is 3.15. The fourth-order valence-corrected chi connectivity index (χ4v) is 2.18. The molecule has 100 valence electrons. The van der Waals surface area contributed by atoms with E-state index in [4.69, 9.17) is 5.73 Å². The molecule has 19 heavy (non-hydrogen) atoms. The molecule has 0 radical (unpaired) electrons. The molecule has 0 fully saturated rings. The van der Waals surface area contributed by atoms with E-state index in [1.807, 2.05) is 12.3 Å². The molecule has 0 aliphatic carbocycles. The van der Waals surface area contributed by atoms with Crippen LogP contribution in [-0.2, 0) is 11.3 Å². The van der Waals surface area contributed by atoms with Crippen LogP contribution in [0.5, 0.6) is 0 Å². The molecule has 0 unspecified atom stereocenters. The molecule has 0 aliphatic heterocycles. The lowest BCUT2D eigenvalue weighted by molar-refractivity contribution is 0.0594. The van der Waals surface area contributed by atoms with E-state index in [-0.39, 0.29) is 5.69 Å². The van der Waals surface area contributed by atoms with Gasteiger partial charge in [0.1, 0.15) is 5.01 Å². The maximum Gasteiger partial charge on any atom is 0.356 e. The summed E-state index contributed by atoms with van der Waals surface area (Å²) in [5, 5.41) is 5.97. The van der Waals surface area contributed by atoms with Crippen molar-refractivity contribution in [1.82, 2.24) is 9.97 Å². The van der Waals surface area contributed by atoms with Crippen LogP contribution in [0.1, 0.15) is 21.2 Å². The minimum Gasteiger partial charge on any atom is -0.464 e. The van der Waals surface area contributed by atoms with Crippen LogP contribution in [0.4, 0.5) is 11.5 Å². The molecule has 7 heteroatoms. The van der Waals surface area contributed by atoms with Crippen LogP contribution < -0.4 is 11.1 Å².